The Morgan fingerprint density at radius 3 is 2.57 bits per heavy atom. The van der Waals surface area contributed by atoms with Crippen LogP contribution in [0.15, 0.2) is 18.2 Å². The highest BCUT2D eigenvalue weighted by molar-refractivity contribution is 6.42. The molecule has 1 atom stereocenters. The van der Waals surface area contributed by atoms with Crippen molar-refractivity contribution < 1.29 is 10.2 Å². The Bertz CT molecular complexity index is 450. The molecule has 2 rings (SSSR count). The van der Waals surface area contributed by atoms with Gasteiger partial charge in [-0.1, -0.05) is 48.2 Å². The zero-order valence-corrected chi connectivity index (χ0v) is 13.7. The molecule has 1 fully saturated rings. The van der Waals surface area contributed by atoms with E-state index in [1.807, 2.05) is 6.07 Å². The number of aliphatic hydroxyl groups excluding tert-OH is 2. The topological polar surface area (TPSA) is 43.7 Å². The van der Waals surface area contributed by atoms with Crippen molar-refractivity contribution in [2.24, 2.45) is 0 Å². The third-order valence-electron chi connectivity index (χ3n) is 4.26. The lowest BCUT2D eigenvalue weighted by atomic mass is 10.1. The highest BCUT2D eigenvalue weighted by Crippen LogP contribution is 2.32. The first-order valence-electron chi connectivity index (χ1n) is 7.60. The summed E-state index contributed by atoms with van der Waals surface area (Å²) >= 11 is 12.1. The van der Waals surface area contributed by atoms with Crippen LogP contribution in [0.2, 0.25) is 10.0 Å². The lowest BCUT2D eigenvalue weighted by Gasteiger charge is -2.29. The van der Waals surface area contributed by atoms with Gasteiger partial charge in [0.1, 0.15) is 0 Å². The van der Waals surface area contributed by atoms with E-state index in [1.165, 1.54) is 25.7 Å². The maximum absolute atomic E-state index is 10.4. The van der Waals surface area contributed by atoms with Gasteiger partial charge in [-0.15, -0.1) is 0 Å². The predicted octanol–water partition coefficient (Wildman–Crippen LogP) is 3.65. The average Bonchev–Trinajstić information content (AvgIpc) is 3.00. The number of aliphatic hydroxyl groups is 2. The number of hydrogen-bond acceptors (Lipinski definition) is 3. The van der Waals surface area contributed by atoms with E-state index in [2.05, 4.69) is 4.90 Å². The van der Waals surface area contributed by atoms with Gasteiger partial charge in [-0.25, -0.2) is 0 Å². The van der Waals surface area contributed by atoms with E-state index in [0.29, 0.717) is 34.6 Å². The molecule has 1 unspecified atom stereocenters. The van der Waals surface area contributed by atoms with Gasteiger partial charge in [0.05, 0.1) is 22.8 Å². The molecule has 2 N–H and O–H groups in total. The van der Waals surface area contributed by atoms with Crippen LogP contribution in [0.1, 0.15) is 43.8 Å². The van der Waals surface area contributed by atoms with Crippen molar-refractivity contribution in [2.45, 2.75) is 44.2 Å². The Hall–Kier alpha value is -0.320. The molecule has 0 saturated heterocycles. The van der Waals surface area contributed by atoms with Crippen molar-refractivity contribution in [3.8, 4) is 0 Å². The zero-order valence-electron chi connectivity index (χ0n) is 12.1. The quantitative estimate of drug-likeness (QED) is 0.801. The van der Waals surface area contributed by atoms with E-state index in [9.17, 15) is 10.2 Å². The summed E-state index contributed by atoms with van der Waals surface area (Å²) in [7, 11) is 0. The minimum atomic E-state index is -0.626. The van der Waals surface area contributed by atoms with Crippen LogP contribution in [0.4, 0.5) is 0 Å². The fourth-order valence-corrected chi connectivity index (χ4v) is 3.53. The lowest BCUT2D eigenvalue weighted by Crippen LogP contribution is -2.37. The van der Waals surface area contributed by atoms with Crippen LogP contribution in [0.3, 0.4) is 0 Å². The normalized spacial score (nSPS) is 17.6. The largest absolute Gasteiger partial charge is 0.395 e. The number of rotatable bonds is 7. The Morgan fingerprint density at radius 1 is 1.19 bits per heavy atom. The number of nitrogens with zero attached hydrogens (tertiary/aromatic N) is 1. The molecule has 0 amide bonds. The van der Waals surface area contributed by atoms with Crippen LogP contribution in [-0.4, -0.2) is 40.9 Å². The summed E-state index contributed by atoms with van der Waals surface area (Å²) in [5, 5.41) is 20.5. The van der Waals surface area contributed by atoms with E-state index < -0.39 is 6.10 Å². The molecular formula is C16H23Cl2NO2. The second kappa shape index (κ2) is 8.35. The van der Waals surface area contributed by atoms with E-state index in [0.717, 1.165) is 6.54 Å². The van der Waals surface area contributed by atoms with Gasteiger partial charge >= 0.3 is 0 Å². The van der Waals surface area contributed by atoms with Gasteiger partial charge in [0.2, 0.25) is 0 Å². The number of benzene rings is 1. The van der Waals surface area contributed by atoms with Gasteiger partial charge in [-0.05, 0) is 25.3 Å². The molecule has 5 heteroatoms. The van der Waals surface area contributed by atoms with Crippen molar-refractivity contribution in [2.75, 3.05) is 19.7 Å². The maximum atomic E-state index is 10.4. The van der Waals surface area contributed by atoms with Gasteiger partial charge in [0, 0.05) is 24.7 Å². The lowest BCUT2D eigenvalue weighted by molar-refractivity contribution is 0.108. The molecule has 0 bridgehead atoms. The van der Waals surface area contributed by atoms with Gasteiger partial charge in [-0.2, -0.15) is 0 Å². The van der Waals surface area contributed by atoms with Crippen molar-refractivity contribution in [3.05, 3.63) is 33.8 Å². The molecule has 0 radical (unpaired) electrons. The predicted molar refractivity (Wildman–Crippen MR) is 87.0 cm³/mol. The highest BCUT2D eigenvalue weighted by atomic mass is 35.5. The first kappa shape index (κ1) is 17.0. The van der Waals surface area contributed by atoms with Crippen LogP contribution < -0.4 is 0 Å². The summed E-state index contributed by atoms with van der Waals surface area (Å²) < 4.78 is 0. The summed E-state index contributed by atoms with van der Waals surface area (Å²) in [6.45, 7) is 1.58. The van der Waals surface area contributed by atoms with Gasteiger partial charge in [0.15, 0.2) is 0 Å². The summed E-state index contributed by atoms with van der Waals surface area (Å²) in [4.78, 5) is 2.29. The molecule has 0 heterocycles. The molecule has 0 aliphatic heterocycles. The minimum Gasteiger partial charge on any atom is -0.395 e. The Labute approximate surface area is 136 Å². The smallest absolute Gasteiger partial charge is 0.0817 e. The molecular weight excluding hydrogens is 309 g/mol. The van der Waals surface area contributed by atoms with Crippen LogP contribution in [-0.2, 0) is 0 Å². The SMILES string of the molecule is OCCN(CCC(O)c1cccc(Cl)c1Cl)C1CCCC1. The molecule has 1 aliphatic rings. The number of halogens is 2. The van der Waals surface area contributed by atoms with Crippen LogP contribution in [0, 0.1) is 0 Å². The van der Waals surface area contributed by atoms with E-state index in [-0.39, 0.29) is 6.61 Å². The summed E-state index contributed by atoms with van der Waals surface area (Å²) in [6, 6.07) is 5.87. The highest BCUT2D eigenvalue weighted by Gasteiger charge is 2.23. The van der Waals surface area contributed by atoms with Crippen LogP contribution in [0.25, 0.3) is 0 Å². The van der Waals surface area contributed by atoms with Crippen molar-refractivity contribution in [1.29, 1.82) is 0 Å². The van der Waals surface area contributed by atoms with Gasteiger partial charge in [-0.3, -0.25) is 4.90 Å². The van der Waals surface area contributed by atoms with Crippen molar-refractivity contribution in [1.82, 2.24) is 4.90 Å². The fourth-order valence-electron chi connectivity index (χ4n) is 3.10. The molecule has 21 heavy (non-hydrogen) atoms. The zero-order chi connectivity index (χ0) is 15.2. The molecule has 0 spiro atoms. The summed E-state index contributed by atoms with van der Waals surface area (Å²) in [6.07, 6.45) is 4.86. The van der Waals surface area contributed by atoms with E-state index in [1.54, 1.807) is 12.1 Å². The minimum absolute atomic E-state index is 0.157. The average molecular weight is 332 g/mol. The standard InChI is InChI=1S/C16H23Cl2NO2/c17-14-7-3-6-13(16(14)18)15(21)8-9-19(10-11-20)12-4-1-2-5-12/h3,6-7,12,15,20-21H,1-2,4-5,8-11H2. The van der Waals surface area contributed by atoms with Gasteiger partial charge < -0.3 is 10.2 Å². The Morgan fingerprint density at radius 2 is 1.90 bits per heavy atom. The van der Waals surface area contributed by atoms with Crippen LogP contribution >= 0.6 is 23.2 Å². The first-order valence-corrected chi connectivity index (χ1v) is 8.36. The Balaban J connectivity index is 1.94. The second-order valence-corrected chi connectivity index (χ2v) is 6.43. The first-order chi connectivity index (χ1) is 10.1. The molecule has 0 aromatic heterocycles. The molecule has 1 aromatic carbocycles. The molecule has 1 saturated carbocycles. The number of hydrogen-bond donors (Lipinski definition) is 2. The molecule has 3 nitrogen and oxygen atoms in total. The summed E-state index contributed by atoms with van der Waals surface area (Å²) in [5.41, 5.74) is 0.680. The molecule has 1 aliphatic carbocycles. The Kier molecular flexibility index (Phi) is 6.77. The summed E-state index contributed by atoms with van der Waals surface area (Å²) in [5.74, 6) is 0. The molecule has 1 aromatic rings. The monoisotopic (exact) mass is 331 g/mol. The fraction of sp³-hybridized carbons (Fsp3) is 0.625. The van der Waals surface area contributed by atoms with E-state index >= 15 is 0 Å². The maximum Gasteiger partial charge on any atom is 0.0817 e. The third kappa shape index (κ3) is 4.57. The molecule has 118 valence electrons. The third-order valence-corrected chi connectivity index (χ3v) is 5.09. The second-order valence-electron chi connectivity index (χ2n) is 5.65. The van der Waals surface area contributed by atoms with Crippen LogP contribution in [0.5, 0.6) is 0 Å². The van der Waals surface area contributed by atoms with Crippen molar-refractivity contribution in [3.63, 3.8) is 0 Å². The van der Waals surface area contributed by atoms with Gasteiger partial charge in [0.25, 0.3) is 0 Å². The van der Waals surface area contributed by atoms with Crippen molar-refractivity contribution >= 4 is 23.2 Å². The van der Waals surface area contributed by atoms with E-state index in [4.69, 9.17) is 23.2 Å².